The number of nitrogens with one attached hydrogen (secondary N) is 2. The van der Waals surface area contributed by atoms with Gasteiger partial charge in [-0.05, 0) is 53.5 Å². The lowest BCUT2D eigenvalue weighted by atomic mass is 10.0. The van der Waals surface area contributed by atoms with Gasteiger partial charge < -0.3 is 20.8 Å². The van der Waals surface area contributed by atoms with E-state index < -0.39 is 0 Å². The molecule has 5 rings (SSSR count). The molecule has 3 aromatic carbocycles. The van der Waals surface area contributed by atoms with Crippen LogP contribution >= 0.6 is 0 Å². The van der Waals surface area contributed by atoms with Crippen molar-refractivity contribution in [2.24, 2.45) is 0 Å². The predicted octanol–water partition coefficient (Wildman–Crippen LogP) is 3.47. The second-order valence-corrected chi connectivity index (χ2v) is 7.94. The van der Waals surface area contributed by atoms with Crippen LogP contribution in [0.3, 0.4) is 0 Å². The lowest BCUT2D eigenvalue weighted by Gasteiger charge is -2.13. The van der Waals surface area contributed by atoms with E-state index in [-0.39, 0.29) is 17.4 Å². The molecule has 0 aliphatic heterocycles. The van der Waals surface area contributed by atoms with Gasteiger partial charge in [0.2, 0.25) is 0 Å². The first-order valence-corrected chi connectivity index (χ1v) is 10.8. The lowest BCUT2D eigenvalue weighted by molar-refractivity contribution is 0.102. The topological polar surface area (TPSA) is 112 Å². The molecule has 2 heterocycles. The van der Waals surface area contributed by atoms with Crippen molar-refractivity contribution in [1.29, 1.82) is 0 Å². The van der Waals surface area contributed by atoms with Crippen LogP contribution in [-0.2, 0) is 6.54 Å². The largest absolute Gasteiger partial charge is 0.508 e. The smallest absolute Gasteiger partial charge is 0.255 e. The number of amides is 1. The van der Waals surface area contributed by atoms with Crippen molar-refractivity contribution in [2.75, 3.05) is 10.6 Å². The number of carbonyl (C=O) groups excluding carboxylic acids is 1. The number of aromatic nitrogens is 3. The fourth-order valence-electron chi connectivity index (χ4n) is 3.74. The molecule has 4 N–H and O–H groups in total. The molecule has 0 fully saturated rings. The van der Waals surface area contributed by atoms with Crippen molar-refractivity contribution in [3.63, 3.8) is 0 Å². The number of phenols is 2. The summed E-state index contributed by atoms with van der Waals surface area (Å²) in [4.78, 5) is 17.1. The minimum absolute atomic E-state index is 0.0294. The summed E-state index contributed by atoms with van der Waals surface area (Å²) in [5.41, 5.74) is 3.92. The first-order chi connectivity index (χ1) is 17.0. The van der Waals surface area contributed by atoms with Crippen LogP contribution in [0.25, 0.3) is 16.9 Å². The zero-order valence-corrected chi connectivity index (χ0v) is 18.5. The summed E-state index contributed by atoms with van der Waals surface area (Å²) < 4.78 is 1.60. The number of carbonyl (C=O) groups is 1. The van der Waals surface area contributed by atoms with Crippen molar-refractivity contribution >= 4 is 36.4 Å². The Bertz CT molecular complexity index is 1550. The zero-order valence-electron chi connectivity index (χ0n) is 18.5. The Hall–Kier alpha value is -4.79. The summed E-state index contributed by atoms with van der Waals surface area (Å²) in [6.45, 7) is 0.426. The highest BCUT2D eigenvalue weighted by molar-refractivity contribution is 6.36. The summed E-state index contributed by atoms with van der Waals surface area (Å²) in [6, 6.07) is 22.3. The van der Waals surface area contributed by atoms with Gasteiger partial charge in [0, 0.05) is 35.6 Å². The second-order valence-electron chi connectivity index (χ2n) is 7.94. The average molecular weight is 461 g/mol. The van der Waals surface area contributed by atoms with E-state index in [0.717, 1.165) is 5.56 Å². The lowest BCUT2D eigenvalue weighted by Crippen LogP contribution is -2.12. The molecule has 2 aromatic heterocycles. The fraction of sp³-hybridized carbons (Fsp3) is 0.0385. The van der Waals surface area contributed by atoms with Gasteiger partial charge in [0.1, 0.15) is 25.2 Å². The van der Waals surface area contributed by atoms with Crippen molar-refractivity contribution in [2.45, 2.75) is 6.54 Å². The molecule has 35 heavy (non-hydrogen) atoms. The molecule has 2 radical (unpaired) electrons. The van der Waals surface area contributed by atoms with E-state index in [2.05, 4.69) is 20.7 Å². The van der Waals surface area contributed by atoms with Gasteiger partial charge in [-0.3, -0.25) is 4.79 Å². The van der Waals surface area contributed by atoms with E-state index in [4.69, 9.17) is 7.85 Å². The maximum absolute atomic E-state index is 12.5. The zero-order chi connectivity index (χ0) is 24.4. The molecule has 5 aromatic rings. The van der Waals surface area contributed by atoms with E-state index in [9.17, 15) is 15.0 Å². The summed E-state index contributed by atoms with van der Waals surface area (Å²) in [5.74, 6) is 0.464. The molecule has 0 saturated carbocycles. The molecule has 8 nitrogen and oxygen atoms in total. The van der Waals surface area contributed by atoms with Gasteiger partial charge >= 0.3 is 0 Å². The van der Waals surface area contributed by atoms with E-state index in [1.807, 2.05) is 24.3 Å². The molecule has 0 unspecified atom stereocenters. The van der Waals surface area contributed by atoms with Gasteiger partial charge in [0.15, 0.2) is 5.65 Å². The number of benzene rings is 3. The van der Waals surface area contributed by atoms with Gasteiger partial charge in [-0.2, -0.15) is 9.61 Å². The molecule has 0 atom stereocenters. The predicted molar refractivity (Wildman–Crippen MR) is 135 cm³/mol. The number of para-hydroxylation sites is 1. The van der Waals surface area contributed by atoms with Crippen molar-refractivity contribution in [3.8, 4) is 22.8 Å². The molecule has 0 bridgehead atoms. The van der Waals surface area contributed by atoms with Crippen LogP contribution in [0.15, 0.2) is 85.1 Å². The summed E-state index contributed by atoms with van der Waals surface area (Å²) in [7, 11) is 6.07. The average Bonchev–Trinajstić information content (AvgIpc) is 3.24. The van der Waals surface area contributed by atoms with E-state index in [0.29, 0.717) is 46.0 Å². The molecule has 9 heteroatoms. The Morgan fingerprint density at radius 1 is 0.971 bits per heavy atom. The number of anilines is 2. The highest BCUT2D eigenvalue weighted by Gasteiger charge is 2.13. The van der Waals surface area contributed by atoms with Crippen LogP contribution in [0.5, 0.6) is 11.5 Å². The Kier molecular flexibility index (Phi) is 5.81. The fourth-order valence-corrected chi connectivity index (χ4v) is 3.74. The minimum atomic E-state index is -0.318. The third-order valence-electron chi connectivity index (χ3n) is 5.45. The quantitative estimate of drug-likeness (QED) is 0.288. The minimum Gasteiger partial charge on any atom is -0.508 e. The second kappa shape index (κ2) is 9.22. The van der Waals surface area contributed by atoms with E-state index in [1.165, 1.54) is 18.3 Å². The summed E-state index contributed by atoms with van der Waals surface area (Å²) in [5, 5.41) is 30.4. The molecule has 0 spiro atoms. The van der Waals surface area contributed by atoms with Crippen LogP contribution in [-0.4, -0.2) is 38.6 Å². The van der Waals surface area contributed by atoms with Gasteiger partial charge in [-0.1, -0.05) is 30.3 Å². The molecule has 0 saturated heterocycles. The standard InChI is InChI=1S/C26H20BN5O3/c27-21-15-29-32-24(13-22(31-25(21)32)20-9-1-2-10-23(20)34)28-14-16-5-3-7-18(11-16)30-26(35)17-6-4-8-19(33)12-17/h1-13,15,28,33-34H,14H2,(H,30,35). The van der Waals surface area contributed by atoms with Crippen molar-refractivity contribution in [3.05, 3.63) is 96.2 Å². The number of nitrogens with zero attached hydrogens (tertiary/aromatic N) is 3. The number of aromatic hydroxyl groups is 2. The summed E-state index contributed by atoms with van der Waals surface area (Å²) in [6.07, 6.45) is 1.53. The number of rotatable bonds is 6. The van der Waals surface area contributed by atoms with Crippen molar-refractivity contribution < 1.29 is 15.0 Å². The normalized spacial score (nSPS) is 10.9. The number of hydrogen-bond acceptors (Lipinski definition) is 6. The van der Waals surface area contributed by atoms with Crippen LogP contribution in [0, 0.1) is 0 Å². The third kappa shape index (κ3) is 4.65. The number of fused-ring (bicyclic) bond motifs is 1. The van der Waals surface area contributed by atoms with E-state index >= 15 is 0 Å². The Labute approximate surface area is 202 Å². The molecule has 1 amide bonds. The Balaban J connectivity index is 1.39. The highest BCUT2D eigenvalue weighted by atomic mass is 16.3. The van der Waals surface area contributed by atoms with Gasteiger partial charge in [0.25, 0.3) is 5.91 Å². The van der Waals surface area contributed by atoms with Crippen LogP contribution in [0.1, 0.15) is 15.9 Å². The first-order valence-electron chi connectivity index (χ1n) is 10.8. The van der Waals surface area contributed by atoms with Crippen LogP contribution in [0.4, 0.5) is 11.5 Å². The maximum Gasteiger partial charge on any atom is 0.255 e. The van der Waals surface area contributed by atoms with Gasteiger partial charge in [-0.15, -0.1) is 0 Å². The van der Waals surface area contributed by atoms with Gasteiger partial charge in [0.05, 0.1) is 5.69 Å². The Morgan fingerprint density at radius 3 is 2.63 bits per heavy atom. The van der Waals surface area contributed by atoms with Crippen LogP contribution in [0.2, 0.25) is 0 Å². The monoisotopic (exact) mass is 461 g/mol. The first kappa shape index (κ1) is 22.0. The number of hydrogen-bond donors (Lipinski definition) is 4. The van der Waals surface area contributed by atoms with Crippen LogP contribution < -0.4 is 16.1 Å². The maximum atomic E-state index is 12.5. The Morgan fingerprint density at radius 2 is 1.80 bits per heavy atom. The molecule has 170 valence electrons. The van der Waals surface area contributed by atoms with Gasteiger partial charge in [-0.25, -0.2) is 4.98 Å². The molecule has 0 aliphatic rings. The highest BCUT2D eigenvalue weighted by Crippen LogP contribution is 2.29. The third-order valence-corrected chi connectivity index (χ3v) is 5.45. The summed E-state index contributed by atoms with van der Waals surface area (Å²) >= 11 is 0. The molecular weight excluding hydrogens is 441 g/mol. The number of phenolic OH excluding ortho intramolecular Hbond substituents is 2. The SMILES string of the molecule is [B]c1cnn2c(NCc3cccc(NC(=O)c4cccc(O)c4)c3)cc(-c3ccccc3O)nc12. The van der Waals surface area contributed by atoms with E-state index in [1.54, 1.807) is 47.0 Å². The molecule has 0 aliphatic carbocycles. The van der Waals surface area contributed by atoms with Crippen molar-refractivity contribution in [1.82, 2.24) is 14.6 Å². The molecular formula is C26H20BN5O3.